The molecule has 6 heteroatoms. The van der Waals surface area contributed by atoms with Gasteiger partial charge in [-0.2, -0.15) is 0 Å². The van der Waals surface area contributed by atoms with Crippen LogP contribution in [0.2, 0.25) is 0 Å². The maximum atomic E-state index is 12.6. The molecule has 0 aromatic heterocycles. The third kappa shape index (κ3) is 5.18. The van der Waals surface area contributed by atoms with Crippen LogP contribution in [0.3, 0.4) is 0 Å². The maximum absolute atomic E-state index is 12.6. The molecule has 2 amide bonds. The number of benzene rings is 3. The number of hydrogen-bond acceptors (Lipinski definition) is 5. The van der Waals surface area contributed by atoms with E-state index in [4.69, 9.17) is 0 Å². The lowest BCUT2D eigenvalue weighted by Crippen LogP contribution is -2.31. The molecule has 0 bridgehead atoms. The summed E-state index contributed by atoms with van der Waals surface area (Å²) in [7, 11) is 1.89. The van der Waals surface area contributed by atoms with E-state index < -0.39 is 0 Å². The van der Waals surface area contributed by atoms with Gasteiger partial charge in [-0.1, -0.05) is 66.7 Å². The first-order valence-corrected chi connectivity index (χ1v) is 11.3. The summed E-state index contributed by atoms with van der Waals surface area (Å²) in [6, 6.07) is 23.3. The number of imide groups is 1. The summed E-state index contributed by atoms with van der Waals surface area (Å²) in [5, 5.41) is 0. The lowest BCUT2D eigenvalue weighted by Gasteiger charge is -2.16. The zero-order valence-electron chi connectivity index (χ0n) is 19.1. The topological polar surface area (TPSA) is 74.8 Å². The predicted octanol–water partition coefficient (Wildman–Crippen LogP) is 4.26. The highest BCUT2D eigenvalue weighted by molar-refractivity contribution is 6.21. The van der Waals surface area contributed by atoms with Gasteiger partial charge in [-0.05, 0) is 31.2 Å². The van der Waals surface area contributed by atoms with Crippen LogP contribution in [-0.2, 0) is 6.54 Å². The van der Waals surface area contributed by atoms with Gasteiger partial charge in [-0.15, -0.1) is 0 Å². The summed E-state index contributed by atoms with van der Waals surface area (Å²) < 4.78 is 0. The molecule has 0 aliphatic carbocycles. The van der Waals surface area contributed by atoms with Crippen molar-refractivity contribution in [3.63, 3.8) is 0 Å². The third-order valence-electron chi connectivity index (χ3n) is 5.90. The lowest BCUT2D eigenvalue weighted by atomic mass is 10.0. The van der Waals surface area contributed by atoms with Crippen molar-refractivity contribution in [2.75, 3.05) is 20.1 Å². The Kier molecular flexibility index (Phi) is 7.09. The summed E-state index contributed by atoms with van der Waals surface area (Å²) in [6.07, 6.45) is 0.661. The molecule has 0 N–H and O–H groups in total. The number of carbonyl (C=O) groups excluding carboxylic acids is 4. The van der Waals surface area contributed by atoms with E-state index in [2.05, 4.69) is 0 Å². The molecular weight excluding hydrogens is 428 g/mol. The summed E-state index contributed by atoms with van der Waals surface area (Å²) in [6.45, 7) is 1.12. The SMILES string of the molecule is CN(CC(=O)c1ccccc1)Cc1ccc(C(=O)CCCN2C(=O)c3ccccc3C2=O)cc1. The Balaban J connectivity index is 1.25. The molecule has 0 saturated carbocycles. The molecule has 34 heavy (non-hydrogen) atoms. The quantitative estimate of drug-likeness (QED) is 0.338. The number of amides is 2. The van der Waals surface area contributed by atoms with Crippen LogP contribution in [0, 0.1) is 0 Å². The van der Waals surface area contributed by atoms with Crippen molar-refractivity contribution in [3.8, 4) is 0 Å². The molecule has 0 saturated heterocycles. The van der Waals surface area contributed by atoms with Gasteiger partial charge in [0.25, 0.3) is 11.8 Å². The van der Waals surface area contributed by atoms with Gasteiger partial charge >= 0.3 is 0 Å². The predicted molar refractivity (Wildman–Crippen MR) is 129 cm³/mol. The summed E-state index contributed by atoms with van der Waals surface area (Å²) >= 11 is 0. The molecule has 1 heterocycles. The molecule has 0 atom stereocenters. The molecule has 0 spiro atoms. The Morgan fingerprint density at radius 1 is 0.735 bits per heavy atom. The fraction of sp³-hybridized carbons (Fsp3) is 0.214. The Labute approximate surface area is 198 Å². The summed E-state index contributed by atoms with van der Waals surface area (Å²) in [5.41, 5.74) is 3.13. The zero-order valence-corrected chi connectivity index (χ0v) is 19.1. The van der Waals surface area contributed by atoms with Crippen molar-refractivity contribution in [1.82, 2.24) is 9.80 Å². The van der Waals surface area contributed by atoms with Crippen LogP contribution in [0.4, 0.5) is 0 Å². The van der Waals surface area contributed by atoms with E-state index in [-0.39, 0.29) is 36.3 Å². The fourth-order valence-electron chi connectivity index (χ4n) is 4.11. The number of hydrogen-bond donors (Lipinski definition) is 0. The molecule has 0 unspecified atom stereocenters. The van der Waals surface area contributed by atoms with Crippen LogP contribution < -0.4 is 0 Å². The number of ketones is 2. The van der Waals surface area contributed by atoms with Crippen LogP contribution in [0.15, 0.2) is 78.9 Å². The minimum absolute atomic E-state index is 0.0317. The summed E-state index contributed by atoms with van der Waals surface area (Å²) in [5.74, 6) is -0.566. The fourth-order valence-corrected chi connectivity index (χ4v) is 4.11. The second kappa shape index (κ2) is 10.4. The van der Waals surface area contributed by atoms with Gasteiger partial charge in [0.1, 0.15) is 0 Å². The highest BCUT2D eigenvalue weighted by Crippen LogP contribution is 2.23. The van der Waals surface area contributed by atoms with Gasteiger partial charge in [0, 0.05) is 30.6 Å². The van der Waals surface area contributed by atoms with Crippen LogP contribution in [-0.4, -0.2) is 53.3 Å². The third-order valence-corrected chi connectivity index (χ3v) is 5.90. The van der Waals surface area contributed by atoms with Crippen LogP contribution >= 0.6 is 0 Å². The second-order valence-electron chi connectivity index (χ2n) is 8.49. The van der Waals surface area contributed by atoms with Gasteiger partial charge in [-0.3, -0.25) is 29.0 Å². The van der Waals surface area contributed by atoms with Crippen molar-refractivity contribution >= 4 is 23.4 Å². The number of likely N-dealkylation sites (N-methyl/N-ethyl adjacent to an activating group) is 1. The van der Waals surface area contributed by atoms with Crippen molar-refractivity contribution in [3.05, 3.63) is 107 Å². The molecule has 172 valence electrons. The van der Waals surface area contributed by atoms with Gasteiger partial charge in [0.15, 0.2) is 11.6 Å². The van der Waals surface area contributed by atoms with E-state index in [0.717, 1.165) is 5.56 Å². The average molecular weight is 455 g/mol. The Hall–Kier alpha value is -3.90. The van der Waals surface area contributed by atoms with Gasteiger partial charge in [-0.25, -0.2) is 0 Å². The van der Waals surface area contributed by atoms with Crippen LogP contribution in [0.5, 0.6) is 0 Å². The number of carbonyl (C=O) groups is 4. The Morgan fingerprint density at radius 2 is 1.29 bits per heavy atom. The monoisotopic (exact) mass is 454 g/mol. The molecule has 3 aromatic carbocycles. The smallest absolute Gasteiger partial charge is 0.261 e. The molecule has 1 aliphatic heterocycles. The van der Waals surface area contributed by atoms with E-state index >= 15 is 0 Å². The standard InChI is InChI=1S/C28H26N2O4/c1-29(19-26(32)21-8-3-2-4-9-21)18-20-13-15-22(16-14-20)25(31)12-7-17-30-27(33)23-10-5-6-11-24(23)28(30)34/h2-6,8-11,13-16H,7,12,17-19H2,1H3. The highest BCUT2D eigenvalue weighted by atomic mass is 16.2. The second-order valence-corrected chi connectivity index (χ2v) is 8.49. The summed E-state index contributed by atoms with van der Waals surface area (Å²) in [4.78, 5) is 52.9. The van der Waals surface area contributed by atoms with E-state index in [1.54, 1.807) is 36.4 Å². The molecule has 6 nitrogen and oxygen atoms in total. The normalized spacial score (nSPS) is 12.8. The largest absolute Gasteiger partial charge is 0.295 e. The first kappa shape index (κ1) is 23.3. The molecule has 0 fully saturated rings. The van der Waals surface area contributed by atoms with Gasteiger partial charge in [0.05, 0.1) is 17.7 Å². The number of fused-ring (bicyclic) bond motifs is 1. The number of rotatable bonds is 10. The number of nitrogens with zero attached hydrogens (tertiary/aromatic N) is 2. The Bertz CT molecular complexity index is 1180. The Morgan fingerprint density at radius 3 is 1.91 bits per heavy atom. The van der Waals surface area contributed by atoms with E-state index in [9.17, 15) is 19.2 Å². The minimum Gasteiger partial charge on any atom is -0.295 e. The first-order chi connectivity index (χ1) is 16.4. The number of Topliss-reactive ketones (excluding diaryl/α,β-unsaturated/α-hetero) is 2. The van der Waals surface area contributed by atoms with Crippen LogP contribution in [0.1, 0.15) is 59.8 Å². The molecule has 1 aliphatic rings. The van der Waals surface area contributed by atoms with Gasteiger partial charge < -0.3 is 0 Å². The lowest BCUT2D eigenvalue weighted by molar-refractivity contribution is 0.0646. The zero-order chi connectivity index (χ0) is 24.1. The average Bonchev–Trinajstić information content (AvgIpc) is 3.10. The minimum atomic E-state index is -0.299. The molecule has 4 rings (SSSR count). The molecular formula is C28H26N2O4. The van der Waals surface area contributed by atoms with Crippen molar-refractivity contribution < 1.29 is 19.2 Å². The van der Waals surface area contributed by atoms with E-state index in [1.807, 2.05) is 54.4 Å². The molecule has 3 aromatic rings. The maximum Gasteiger partial charge on any atom is 0.261 e. The van der Waals surface area contributed by atoms with E-state index in [0.29, 0.717) is 41.8 Å². The van der Waals surface area contributed by atoms with Crippen LogP contribution in [0.25, 0.3) is 0 Å². The highest BCUT2D eigenvalue weighted by Gasteiger charge is 2.34. The van der Waals surface area contributed by atoms with Crippen molar-refractivity contribution in [2.24, 2.45) is 0 Å². The van der Waals surface area contributed by atoms with E-state index in [1.165, 1.54) is 4.90 Å². The first-order valence-electron chi connectivity index (χ1n) is 11.3. The molecule has 0 radical (unpaired) electrons. The van der Waals surface area contributed by atoms with Gasteiger partial charge in [0.2, 0.25) is 0 Å². The van der Waals surface area contributed by atoms with Crippen molar-refractivity contribution in [1.29, 1.82) is 0 Å². The van der Waals surface area contributed by atoms with Crippen molar-refractivity contribution in [2.45, 2.75) is 19.4 Å².